The number of rotatable bonds is 2. The molecule has 0 amide bonds. The van der Waals surface area contributed by atoms with Crippen LogP contribution in [0.15, 0.2) is 21.8 Å². The van der Waals surface area contributed by atoms with Crippen LogP contribution in [0.3, 0.4) is 0 Å². The zero-order valence-corrected chi connectivity index (χ0v) is 10.4. The Morgan fingerprint density at radius 3 is 3.06 bits per heavy atom. The summed E-state index contributed by atoms with van der Waals surface area (Å²) in [4.78, 5) is 8.32. The number of hydrogen-bond donors (Lipinski definition) is 1. The molecule has 0 spiro atoms. The van der Waals surface area contributed by atoms with E-state index in [0.717, 1.165) is 15.1 Å². The van der Waals surface area contributed by atoms with Gasteiger partial charge < -0.3 is 5.73 Å². The van der Waals surface area contributed by atoms with Crippen LogP contribution >= 0.6 is 23.1 Å². The summed E-state index contributed by atoms with van der Waals surface area (Å²) in [6.45, 7) is 1.91. The Morgan fingerprint density at radius 2 is 2.29 bits per heavy atom. The fourth-order valence-corrected chi connectivity index (χ4v) is 3.05. The third-order valence-electron chi connectivity index (χ3n) is 1.96. The van der Waals surface area contributed by atoms with Gasteiger partial charge in [-0.25, -0.2) is 4.98 Å². The predicted molar refractivity (Wildman–Crippen MR) is 64.0 cm³/mol. The van der Waals surface area contributed by atoms with Gasteiger partial charge in [0.15, 0.2) is 4.34 Å². The zero-order chi connectivity index (χ0) is 11.8. The lowest BCUT2D eigenvalue weighted by atomic mass is 10.5. The van der Waals surface area contributed by atoms with E-state index in [1.807, 2.05) is 13.0 Å². The lowest BCUT2D eigenvalue weighted by Crippen LogP contribution is -1.96. The molecule has 17 heavy (non-hydrogen) atoms. The van der Waals surface area contributed by atoms with E-state index in [4.69, 9.17) is 5.73 Å². The molecule has 0 fully saturated rings. The fourth-order valence-electron chi connectivity index (χ4n) is 1.32. The minimum Gasteiger partial charge on any atom is -0.374 e. The quantitative estimate of drug-likeness (QED) is 0.691. The van der Waals surface area contributed by atoms with Gasteiger partial charge in [0.05, 0.1) is 0 Å². The molecule has 0 aliphatic heterocycles. The average Bonchev–Trinajstić information content (AvgIpc) is 2.87. The number of nitrogens with zero attached hydrogens (tertiary/aromatic N) is 6. The lowest BCUT2D eigenvalue weighted by Gasteiger charge is -2.01. The smallest absolute Gasteiger partial charge is 0.253 e. The van der Waals surface area contributed by atoms with Crippen molar-refractivity contribution < 1.29 is 0 Å². The van der Waals surface area contributed by atoms with Crippen molar-refractivity contribution in [3.63, 3.8) is 0 Å². The normalized spacial score (nSPS) is 11.1. The van der Waals surface area contributed by atoms with Gasteiger partial charge in [0.1, 0.15) is 11.4 Å². The summed E-state index contributed by atoms with van der Waals surface area (Å²) >= 11 is 2.78. The van der Waals surface area contributed by atoms with Crippen molar-refractivity contribution in [1.82, 2.24) is 29.8 Å². The van der Waals surface area contributed by atoms with Gasteiger partial charge in [0, 0.05) is 5.69 Å². The SMILES string of the molecule is Cc1cc(Sc2nnc(N)s2)n2ncnc2n1. The Kier molecular flexibility index (Phi) is 2.41. The second-order valence-corrected chi connectivity index (χ2v) is 5.49. The van der Waals surface area contributed by atoms with Gasteiger partial charge in [0.2, 0.25) is 5.13 Å². The predicted octanol–water partition coefficient (Wildman–Crippen LogP) is 1.02. The standard InChI is InChI=1S/C8H7N7S2/c1-4-2-5(15-7(12-4)10-3-11-15)16-8-14-13-6(9)17-8/h2-3H,1H3,(H2,9,13). The number of fused-ring (bicyclic) bond motifs is 1. The lowest BCUT2D eigenvalue weighted by molar-refractivity contribution is 0.832. The Balaban J connectivity index is 2.07. The average molecular weight is 265 g/mol. The number of nitrogens with two attached hydrogens (primary N) is 1. The van der Waals surface area contributed by atoms with Crippen molar-refractivity contribution in [3.8, 4) is 0 Å². The molecular weight excluding hydrogens is 258 g/mol. The van der Waals surface area contributed by atoms with Crippen LogP contribution in [0.1, 0.15) is 5.69 Å². The van der Waals surface area contributed by atoms with Crippen LogP contribution in [0, 0.1) is 6.92 Å². The first kappa shape index (κ1) is 10.4. The van der Waals surface area contributed by atoms with Crippen molar-refractivity contribution in [2.45, 2.75) is 16.3 Å². The van der Waals surface area contributed by atoms with Crippen molar-refractivity contribution in [3.05, 3.63) is 18.1 Å². The summed E-state index contributed by atoms with van der Waals surface area (Å²) in [5.41, 5.74) is 6.42. The maximum Gasteiger partial charge on any atom is 0.253 e. The largest absolute Gasteiger partial charge is 0.374 e. The van der Waals surface area contributed by atoms with Gasteiger partial charge in [-0.15, -0.1) is 10.2 Å². The van der Waals surface area contributed by atoms with Gasteiger partial charge in [-0.1, -0.05) is 11.3 Å². The maximum absolute atomic E-state index is 5.54. The molecule has 0 unspecified atom stereocenters. The number of anilines is 1. The molecule has 7 nitrogen and oxygen atoms in total. The monoisotopic (exact) mass is 265 g/mol. The summed E-state index contributed by atoms with van der Waals surface area (Å²) in [6, 6.07) is 1.92. The number of nitrogen functional groups attached to an aromatic ring is 1. The Hall–Kier alpha value is -1.74. The molecule has 0 saturated carbocycles. The van der Waals surface area contributed by atoms with Gasteiger partial charge in [-0.2, -0.15) is 14.6 Å². The third-order valence-corrected chi connectivity index (χ3v) is 3.76. The molecule has 2 N–H and O–H groups in total. The highest BCUT2D eigenvalue weighted by Gasteiger charge is 2.10. The number of aryl methyl sites for hydroxylation is 1. The molecular formula is C8H7N7S2. The summed E-state index contributed by atoms with van der Waals surface area (Å²) in [6.07, 6.45) is 1.47. The van der Waals surface area contributed by atoms with E-state index in [-0.39, 0.29) is 0 Å². The van der Waals surface area contributed by atoms with Gasteiger partial charge in [-0.05, 0) is 24.8 Å². The third kappa shape index (κ3) is 1.94. The molecule has 0 atom stereocenters. The van der Waals surface area contributed by atoms with E-state index in [9.17, 15) is 0 Å². The molecule has 0 aliphatic carbocycles. The first-order valence-electron chi connectivity index (χ1n) is 4.66. The minimum absolute atomic E-state index is 0.452. The van der Waals surface area contributed by atoms with E-state index >= 15 is 0 Å². The topological polar surface area (TPSA) is 94.9 Å². The Labute approximate surface area is 104 Å². The van der Waals surface area contributed by atoms with Crippen LogP contribution in [-0.2, 0) is 0 Å². The first-order chi connectivity index (χ1) is 8.22. The second kappa shape index (κ2) is 3.93. The van der Waals surface area contributed by atoms with E-state index in [0.29, 0.717) is 10.9 Å². The number of aromatic nitrogens is 6. The van der Waals surface area contributed by atoms with Gasteiger partial charge >= 0.3 is 0 Å². The molecule has 3 aromatic heterocycles. The molecule has 3 aromatic rings. The molecule has 0 bridgehead atoms. The summed E-state index contributed by atoms with van der Waals surface area (Å²) in [7, 11) is 0. The first-order valence-corrected chi connectivity index (χ1v) is 6.30. The summed E-state index contributed by atoms with van der Waals surface area (Å²) in [5, 5.41) is 13.2. The summed E-state index contributed by atoms with van der Waals surface area (Å²) in [5.74, 6) is 0.574. The van der Waals surface area contributed by atoms with Crippen LogP contribution in [-0.4, -0.2) is 29.8 Å². The molecule has 9 heteroatoms. The molecule has 3 rings (SSSR count). The highest BCUT2D eigenvalue weighted by Crippen LogP contribution is 2.30. The van der Waals surface area contributed by atoms with Gasteiger partial charge in [-0.3, -0.25) is 0 Å². The number of hydrogen-bond acceptors (Lipinski definition) is 8. The van der Waals surface area contributed by atoms with Crippen LogP contribution < -0.4 is 5.73 Å². The molecule has 0 radical (unpaired) electrons. The molecule has 0 saturated heterocycles. The van der Waals surface area contributed by atoms with Crippen molar-refractivity contribution in [2.75, 3.05) is 5.73 Å². The van der Waals surface area contributed by atoms with Crippen LogP contribution in [0.5, 0.6) is 0 Å². The van der Waals surface area contributed by atoms with Crippen LogP contribution in [0.4, 0.5) is 5.13 Å². The molecule has 0 aliphatic rings. The van der Waals surface area contributed by atoms with Crippen LogP contribution in [0.25, 0.3) is 5.78 Å². The van der Waals surface area contributed by atoms with Crippen LogP contribution in [0.2, 0.25) is 0 Å². The minimum atomic E-state index is 0.452. The highest BCUT2D eigenvalue weighted by atomic mass is 32.2. The second-order valence-electron chi connectivity index (χ2n) is 3.22. The molecule has 0 aromatic carbocycles. The Morgan fingerprint density at radius 1 is 1.41 bits per heavy atom. The van der Waals surface area contributed by atoms with Crippen molar-refractivity contribution >= 4 is 34.0 Å². The van der Waals surface area contributed by atoms with E-state index in [1.54, 1.807) is 4.52 Å². The van der Waals surface area contributed by atoms with E-state index in [2.05, 4.69) is 25.3 Å². The molecule has 3 heterocycles. The maximum atomic E-state index is 5.54. The fraction of sp³-hybridized carbons (Fsp3) is 0.125. The zero-order valence-electron chi connectivity index (χ0n) is 8.73. The van der Waals surface area contributed by atoms with Gasteiger partial charge in [0.25, 0.3) is 5.78 Å². The highest BCUT2D eigenvalue weighted by molar-refractivity contribution is 8.01. The molecule has 86 valence electrons. The van der Waals surface area contributed by atoms with Crippen molar-refractivity contribution in [2.24, 2.45) is 0 Å². The summed E-state index contributed by atoms with van der Waals surface area (Å²) < 4.78 is 2.43. The van der Waals surface area contributed by atoms with E-state index < -0.39 is 0 Å². The van der Waals surface area contributed by atoms with Crippen molar-refractivity contribution in [1.29, 1.82) is 0 Å². The Bertz CT molecular complexity index is 673. The van der Waals surface area contributed by atoms with E-state index in [1.165, 1.54) is 29.4 Å².